The van der Waals surface area contributed by atoms with Crippen molar-refractivity contribution in [3.63, 3.8) is 0 Å². The number of benzene rings is 1. The molecule has 1 N–H and O–H groups in total. The van der Waals surface area contributed by atoms with Crippen LogP contribution in [-0.2, 0) is 11.2 Å². The summed E-state index contributed by atoms with van der Waals surface area (Å²) in [5, 5.41) is 1.04. The third-order valence-electron chi connectivity index (χ3n) is 3.45. The maximum absolute atomic E-state index is 13.3. The minimum absolute atomic E-state index is 0.0639. The first-order valence-corrected chi connectivity index (χ1v) is 6.39. The van der Waals surface area contributed by atoms with Gasteiger partial charge in [0.2, 0.25) is 5.91 Å². The molecule has 20 heavy (non-hydrogen) atoms. The second-order valence-corrected chi connectivity index (χ2v) is 5.64. The van der Waals surface area contributed by atoms with Crippen molar-refractivity contribution in [2.45, 2.75) is 44.4 Å². The van der Waals surface area contributed by atoms with E-state index in [2.05, 4.69) is 5.43 Å². The molecule has 1 saturated heterocycles. The number of hydrogen-bond acceptors (Lipinski definition) is 2. The Morgan fingerprint density at radius 1 is 1.30 bits per heavy atom. The van der Waals surface area contributed by atoms with Gasteiger partial charge in [-0.05, 0) is 25.8 Å². The average molecular weight is 286 g/mol. The Morgan fingerprint density at radius 2 is 1.90 bits per heavy atom. The first-order chi connectivity index (χ1) is 9.20. The third kappa shape index (κ3) is 3.12. The average Bonchev–Trinajstić information content (AvgIpc) is 2.59. The van der Waals surface area contributed by atoms with E-state index in [1.807, 2.05) is 0 Å². The molecule has 1 atom stereocenters. The number of halogens is 3. The first-order valence-electron chi connectivity index (χ1n) is 6.39. The second kappa shape index (κ2) is 5.09. The van der Waals surface area contributed by atoms with E-state index < -0.39 is 17.8 Å². The van der Waals surface area contributed by atoms with Gasteiger partial charge in [0.05, 0.1) is 0 Å². The maximum Gasteiger partial charge on any atom is 0.406 e. The molecule has 1 amide bonds. The van der Waals surface area contributed by atoms with Gasteiger partial charge in [0.25, 0.3) is 0 Å². The van der Waals surface area contributed by atoms with Crippen LogP contribution in [0.15, 0.2) is 30.3 Å². The Kier molecular flexibility index (Phi) is 3.77. The molecular formula is C14H17F3N2O. The number of nitrogens with zero attached hydrogens (tertiary/aromatic N) is 1. The summed E-state index contributed by atoms with van der Waals surface area (Å²) >= 11 is 0. The van der Waals surface area contributed by atoms with Gasteiger partial charge in [0.15, 0.2) is 0 Å². The lowest BCUT2D eigenvalue weighted by atomic mass is 9.97. The normalized spacial score (nSPS) is 20.8. The van der Waals surface area contributed by atoms with Crippen LogP contribution in [0.4, 0.5) is 13.2 Å². The molecule has 1 aliphatic rings. The Morgan fingerprint density at radius 3 is 2.35 bits per heavy atom. The Bertz CT molecular complexity index is 485. The van der Waals surface area contributed by atoms with Gasteiger partial charge in [-0.15, -0.1) is 0 Å². The molecule has 2 rings (SSSR count). The minimum Gasteiger partial charge on any atom is -0.288 e. The Balaban J connectivity index is 2.27. The summed E-state index contributed by atoms with van der Waals surface area (Å²) < 4.78 is 40.0. The van der Waals surface area contributed by atoms with Crippen LogP contribution in [-0.4, -0.2) is 28.7 Å². The molecule has 0 saturated carbocycles. The molecular weight excluding hydrogens is 269 g/mol. The van der Waals surface area contributed by atoms with Crippen LogP contribution in [0.5, 0.6) is 0 Å². The smallest absolute Gasteiger partial charge is 0.288 e. The molecule has 1 aromatic carbocycles. The number of carbonyl (C=O) groups is 1. The van der Waals surface area contributed by atoms with Crippen molar-refractivity contribution in [3.05, 3.63) is 35.9 Å². The van der Waals surface area contributed by atoms with Crippen LogP contribution >= 0.6 is 0 Å². The molecule has 0 unspecified atom stereocenters. The Hall–Kier alpha value is -1.56. The van der Waals surface area contributed by atoms with Crippen molar-refractivity contribution in [3.8, 4) is 0 Å². The van der Waals surface area contributed by atoms with E-state index in [-0.39, 0.29) is 18.7 Å². The molecule has 0 aromatic heterocycles. The van der Waals surface area contributed by atoms with Crippen LogP contribution in [0.1, 0.15) is 25.8 Å². The molecule has 6 heteroatoms. The zero-order valence-electron chi connectivity index (χ0n) is 11.4. The minimum atomic E-state index is -4.41. The molecule has 1 heterocycles. The van der Waals surface area contributed by atoms with Crippen molar-refractivity contribution in [2.75, 3.05) is 0 Å². The van der Waals surface area contributed by atoms with E-state index in [4.69, 9.17) is 0 Å². The number of amides is 1. The lowest BCUT2D eigenvalue weighted by molar-refractivity contribution is -0.200. The van der Waals surface area contributed by atoms with E-state index in [1.54, 1.807) is 44.2 Å². The van der Waals surface area contributed by atoms with E-state index in [0.29, 0.717) is 5.56 Å². The van der Waals surface area contributed by atoms with E-state index in [0.717, 1.165) is 5.01 Å². The van der Waals surface area contributed by atoms with Crippen LogP contribution in [0.3, 0.4) is 0 Å². The topological polar surface area (TPSA) is 32.3 Å². The largest absolute Gasteiger partial charge is 0.406 e. The predicted molar refractivity (Wildman–Crippen MR) is 68.7 cm³/mol. The number of alkyl halides is 3. The molecule has 0 aliphatic carbocycles. The van der Waals surface area contributed by atoms with Gasteiger partial charge < -0.3 is 0 Å². The molecule has 110 valence electrons. The van der Waals surface area contributed by atoms with Crippen molar-refractivity contribution < 1.29 is 18.0 Å². The summed E-state index contributed by atoms with van der Waals surface area (Å²) in [7, 11) is 0. The van der Waals surface area contributed by atoms with Crippen LogP contribution in [0, 0.1) is 0 Å². The molecule has 0 spiro atoms. The van der Waals surface area contributed by atoms with Gasteiger partial charge in [0, 0.05) is 12.0 Å². The van der Waals surface area contributed by atoms with Gasteiger partial charge in [0.1, 0.15) is 6.04 Å². The third-order valence-corrected chi connectivity index (χ3v) is 3.45. The van der Waals surface area contributed by atoms with Crippen molar-refractivity contribution in [2.24, 2.45) is 0 Å². The number of rotatable bonds is 3. The monoisotopic (exact) mass is 286 g/mol. The number of carbonyl (C=O) groups excluding carboxylic acids is 1. The van der Waals surface area contributed by atoms with Crippen molar-refractivity contribution in [1.82, 2.24) is 10.4 Å². The summed E-state index contributed by atoms with van der Waals surface area (Å²) in [6.45, 7) is 3.27. The van der Waals surface area contributed by atoms with Crippen molar-refractivity contribution in [1.29, 1.82) is 0 Å². The second-order valence-electron chi connectivity index (χ2n) is 5.64. The fourth-order valence-corrected chi connectivity index (χ4v) is 2.49. The maximum atomic E-state index is 13.3. The number of hydrazine groups is 1. The lowest BCUT2D eigenvalue weighted by Crippen LogP contribution is -2.57. The summed E-state index contributed by atoms with van der Waals surface area (Å²) in [5.41, 5.74) is 2.08. The van der Waals surface area contributed by atoms with Gasteiger partial charge in [-0.25, -0.2) is 5.01 Å². The molecule has 0 radical (unpaired) electrons. The van der Waals surface area contributed by atoms with Crippen LogP contribution in [0.25, 0.3) is 0 Å². The van der Waals surface area contributed by atoms with Gasteiger partial charge in [-0.2, -0.15) is 13.2 Å². The highest BCUT2D eigenvalue weighted by molar-refractivity contribution is 5.78. The van der Waals surface area contributed by atoms with Crippen LogP contribution in [0.2, 0.25) is 0 Å². The predicted octanol–water partition coefficient (Wildman–Crippen LogP) is 2.68. The summed E-state index contributed by atoms with van der Waals surface area (Å²) in [6.07, 6.45) is -4.53. The molecule has 1 fully saturated rings. The number of hydrogen-bond donors (Lipinski definition) is 1. The highest BCUT2D eigenvalue weighted by atomic mass is 19.4. The van der Waals surface area contributed by atoms with E-state index >= 15 is 0 Å². The van der Waals surface area contributed by atoms with Crippen molar-refractivity contribution >= 4 is 5.91 Å². The summed E-state index contributed by atoms with van der Waals surface area (Å²) in [6, 6.07) is 6.75. The SMILES string of the molecule is CC1(C)CC(=O)NN1[C@@H](Cc1ccccc1)C(F)(F)F. The lowest BCUT2D eigenvalue weighted by Gasteiger charge is -2.37. The zero-order chi connectivity index (χ0) is 15.0. The van der Waals surface area contributed by atoms with E-state index in [1.165, 1.54) is 0 Å². The highest BCUT2D eigenvalue weighted by Crippen LogP contribution is 2.34. The fourth-order valence-electron chi connectivity index (χ4n) is 2.49. The Labute approximate surface area is 115 Å². The molecule has 1 aliphatic heterocycles. The van der Waals surface area contributed by atoms with Gasteiger partial charge in [-0.3, -0.25) is 10.2 Å². The highest BCUT2D eigenvalue weighted by Gasteiger charge is 2.51. The number of nitrogens with one attached hydrogen (secondary N) is 1. The van der Waals surface area contributed by atoms with Gasteiger partial charge in [-0.1, -0.05) is 30.3 Å². The molecule has 3 nitrogen and oxygen atoms in total. The summed E-state index contributed by atoms with van der Waals surface area (Å²) in [4.78, 5) is 11.4. The van der Waals surface area contributed by atoms with Gasteiger partial charge >= 0.3 is 6.18 Å². The van der Waals surface area contributed by atoms with Crippen LogP contribution < -0.4 is 5.43 Å². The quantitative estimate of drug-likeness (QED) is 0.926. The van der Waals surface area contributed by atoms with E-state index in [9.17, 15) is 18.0 Å². The molecule has 1 aromatic rings. The first kappa shape index (κ1) is 14.8. The standard InChI is InChI=1S/C14H17F3N2O/c1-13(2)9-12(20)18-19(13)11(14(15,16)17)8-10-6-4-3-5-7-10/h3-7,11H,8-9H2,1-2H3,(H,18,20)/t11-/m0/s1. The fraction of sp³-hybridized carbons (Fsp3) is 0.500. The molecule has 0 bridgehead atoms. The zero-order valence-corrected chi connectivity index (χ0v) is 11.4. The summed E-state index contributed by atoms with van der Waals surface area (Å²) in [5.74, 6) is -0.377.